The minimum Gasteiger partial charge on any atom is -0.279 e. The van der Waals surface area contributed by atoms with Crippen molar-refractivity contribution in [1.82, 2.24) is 0 Å². The number of nitro benzene ring substituents is 1. The summed E-state index contributed by atoms with van der Waals surface area (Å²) >= 11 is 5.45. The fourth-order valence-electron chi connectivity index (χ4n) is 2.18. The number of hydrogen-bond donors (Lipinski definition) is 0. The van der Waals surface area contributed by atoms with Gasteiger partial charge in [-0.1, -0.05) is 12.1 Å². The lowest BCUT2D eigenvalue weighted by Crippen LogP contribution is -2.42. The van der Waals surface area contributed by atoms with Gasteiger partial charge >= 0.3 is 0 Å². The van der Waals surface area contributed by atoms with Crippen molar-refractivity contribution < 1.29 is 22.5 Å². The van der Waals surface area contributed by atoms with Crippen molar-refractivity contribution in [2.24, 2.45) is 0 Å². The number of carbonyl (C=O) groups excluding carboxylic acids is 1. The smallest absolute Gasteiger partial charge is 0.279 e. The molecule has 0 bridgehead atoms. The molecule has 1 unspecified atom stereocenters. The first kappa shape index (κ1) is 18.8. The van der Waals surface area contributed by atoms with Crippen LogP contribution in [-0.4, -0.2) is 24.6 Å². The fourth-order valence-corrected chi connectivity index (χ4v) is 4.12. The standard InChI is InChI=1S/C15H12ClFN2O5S/c1-10(15(16)20)18(12-8-6-11(17)7-9-12)25(23,24)14-5-3-2-4-13(14)19(21)22/h2-10H,1H3. The number of nitrogens with zero attached hydrogens (tertiary/aromatic N) is 2. The van der Waals surface area contributed by atoms with Gasteiger partial charge in [0.05, 0.1) is 10.6 Å². The van der Waals surface area contributed by atoms with Crippen LogP contribution < -0.4 is 4.31 Å². The molecule has 0 aliphatic rings. The Balaban J connectivity index is 2.70. The number of anilines is 1. The lowest BCUT2D eigenvalue weighted by atomic mass is 10.3. The van der Waals surface area contributed by atoms with Gasteiger partial charge in [0.2, 0.25) is 5.24 Å². The highest BCUT2D eigenvalue weighted by molar-refractivity contribution is 7.93. The van der Waals surface area contributed by atoms with E-state index >= 15 is 0 Å². The van der Waals surface area contributed by atoms with Crippen molar-refractivity contribution >= 4 is 38.2 Å². The molecular weight excluding hydrogens is 375 g/mol. The Kier molecular flexibility index (Phi) is 5.39. The third kappa shape index (κ3) is 3.77. The second-order valence-corrected chi connectivity index (χ2v) is 7.14. The van der Waals surface area contributed by atoms with Gasteiger partial charge in [-0.2, -0.15) is 0 Å². The van der Waals surface area contributed by atoms with Crippen LogP contribution in [0.15, 0.2) is 53.4 Å². The Labute approximate surface area is 147 Å². The van der Waals surface area contributed by atoms with Gasteiger partial charge in [0.1, 0.15) is 11.9 Å². The number of benzene rings is 2. The third-order valence-corrected chi connectivity index (χ3v) is 5.62. The summed E-state index contributed by atoms with van der Waals surface area (Å²) in [5, 5.41) is 10.2. The van der Waals surface area contributed by atoms with Crippen molar-refractivity contribution in [1.29, 1.82) is 0 Å². The van der Waals surface area contributed by atoms with Gasteiger partial charge < -0.3 is 0 Å². The zero-order valence-electron chi connectivity index (χ0n) is 12.8. The highest BCUT2D eigenvalue weighted by atomic mass is 35.5. The van der Waals surface area contributed by atoms with Crippen molar-refractivity contribution in [2.75, 3.05) is 4.31 Å². The maximum atomic E-state index is 13.1. The lowest BCUT2D eigenvalue weighted by Gasteiger charge is -2.28. The second kappa shape index (κ2) is 7.16. The SMILES string of the molecule is CC(C(=O)Cl)N(c1ccc(F)cc1)S(=O)(=O)c1ccccc1[N+](=O)[O-]. The summed E-state index contributed by atoms with van der Waals surface area (Å²) < 4.78 is 39.8. The van der Waals surface area contributed by atoms with E-state index in [0.29, 0.717) is 4.31 Å². The van der Waals surface area contributed by atoms with E-state index < -0.39 is 42.6 Å². The minimum atomic E-state index is -4.52. The Morgan fingerprint density at radius 2 is 1.76 bits per heavy atom. The van der Waals surface area contributed by atoms with Crippen molar-refractivity contribution in [3.05, 3.63) is 64.5 Å². The van der Waals surface area contributed by atoms with Gasteiger partial charge in [-0.05, 0) is 48.9 Å². The van der Waals surface area contributed by atoms with Gasteiger partial charge in [0, 0.05) is 6.07 Å². The first-order valence-corrected chi connectivity index (χ1v) is 8.71. The molecule has 0 radical (unpaired) electrons. The molecule has 2 rings (SSSR count). The topological polar surface area (TPSA) is 97.6 Å². The van der Waals surface area contributed by atoms with E-state index in [1.54, 1.807) is 0 Å². The number of hydrogen-bond acceptors (Lipinski definition) is 5. The average molecular weight is 387 g/mol. The number of nitro groups is 1. The number of rotatable bonds is 6. The molecule has 10 heteroatoms. The molecule has 0 fully saturated rings. The molecule has 1 atom stereocenters. The van der Waals surface area contributed by atoms with Crippen molar-refractivity contribution in [2.45, 2.75) is 17.9 Å². The number of sulfonamides is 1. The van der Waals surface area contributed by atoms with Gasteiger partial charge in [-0.25, -0.2) is 12.8 Å². The Bertz CT molecular complexity index is 918. The highest BCUT2D eigenvalue weighted by Gasteiger charge is 2.36. The summed E-state index contributed by atoms with van der Waals surface area (Å²) in [5.41, 5.74) is -0.704. The highest BCUT2D eigenvalue weighted by Crippen LogP contribution is 2.31. The van der Waals surface area contributed by atoms with Crippen LogP contribution in [0.25, 0.3) is 0 Å². The van der Waals surface area contributed by atoms with Crippen LogP contribution in [0.3, 0.4) is 0 Å². The Morgan fingerprint density at radius 1 is 1.20 bits per heavy atom. The van der Waals surface area contributed by atoms with Gasteiger partial charge in [0.25, 0.3) is 15.7 Å². The first-order valence-electron chi connectivity index (χ1n) is 6.89. The number of halogens is 2. The summed E-state index contributed by atoms with van der Waals surface area (Å²) in [5.74, 6) is -0.614. The predicted molar refractivity (Wildman–Crippen MR) is 89.5 cm³/mol. The largest absolute Gasteiger partial charge is 0.289 e. The van der Waals surface area contributed by atoms with Gasteiger partial charge in [0.15, 0.2) is 4.90 Å². The number of carbonyl (C=O) groups is 1. The summed E-state index contributed by atoms with van der Waals surface area (Å²) in [6, 6.07) is 7.63. The quantitative estimate of drug-likeness (QED) is 0.431. The molecule has 2 aromatic rings. The van der Waals surface area contributed by atoms with E-state index in [9.17, 15) is 27.7 Å². The molecule has 0 saturated carbocycles. The van der Waals surface area contributed by atoms with Crippen LogP contribution >= 0.6 is 11.6 Å². The second-order valence-electron chi connectivity index (χ2n) is 4.98. The summed E-state index contributed by atoms with van der Waals surface area (Å²) in [4.78, 5) is 21.3. The average Bonchev–Trinajstić information content (AvgIpc) is 2.56. The van der Waals surface area contributed by atoms with Crippen LogP contribution in [0.1, 0.15) is 6.92 Å². The molecule has 0 aromatic heterocycles. The number of para-hydroxylation sites is 1. The van der Waals surface area contributed by atoms with Gasteiger partial charge in [-0.15, -0.1) is 0 Å². The Hall–Kier alpha value is -2.52. The van der Waals surface area contributed by atoms with E-state index in [0.717, 1.165) is 36.4 Å². The predicted octanol–water partition coefficient (Wildman–Crippen LogP) is 3.08. The minimum absolute atomic E-state index is 0.0546. The van der Waals surface area contributed by atoms with Crippen molar-refractivity contribution in [3.8, 4) is 0 Å². The van der Waals surface area contributed by atoms with Crippen LogP contribution in [0.5, 0.6) is 0 Å². The third-order valence-electron chi connectivity index (χ3n) is 3.36. The van der Waals surface area contributed by atoms with E-state index in [4.69, 9.17) is 11.6 Å². The first-order chi connectivity index (χ1) is 11.7. The molecule has 0 aliphatic carbocycles. The van der Waals surface area contributed by atoms with Crippen molar-refractivity contribution in [3.63, 3.8) is 0 Å². The zero-order valence-corrected chi connectivity index (χ0v) is 14.4. The van der Waals surface area contributed by atoms with E-state index in [-0.39, 0.29) is 5.69 Å². The van der Waals surface area contributed by atoms with Crippen LogP contribution in [0.2, 0.25) is 0 Å². The van der Waals surface area contributed by atoms with E-state index in [2.05, 4.69) is 0 Å². The lowest BCUT2D eigenvalue weighted by molar-refractivity contribution is -0.387. The summed E-state index contributed by atoms with van der Waals surface area (Å²) in [6.07, 6.45) is 0. The molecule has 0 heterocycles. The molecule has 0 amide bonds. The van der Waals surface area contributed by atoms with E-state index in [1.165, 1.54) is 19.1 Å². The maximum Gasteiger partial charge on any atom is 0.289 e. The summed E-state index contributed by atoms with van der Waals surface area (Å²) in [6.45, 7) is 1.23. The molecule has 0 spiro atoms. The van der Waals surface area contributed by atoms with Crippen LogP contribution in [0.4, 0.5) is 15.8 Å². The molecule has 2 aromatic carbocycles. The van der Waals surface area contributed by atoms with Crippen LogP contribution in [-0.2, 0) is 14.8 Å². The monoisotopic (exact) mass is 386 g/mol. The molecule has 0 aliphatic heterocycles. The molecule has 0 N–H and O–H groups in total. The fraction of sp³-hybridized carbons (Fsp3) is 0.133. The molecule has 0 saturated heterocycles. The summed E-state index contributed by atoms with van der Waals surface area (Å²) in [7, 11) is -4.52. The normalized spacial score (nSPS) is 12.4. The van der Waals surface area contributed by atoms with Gasteiger partial charge in [-0.3, -0.25) is 19.2 Å². The zero-order chi connectivity index (χ0) is 18.8. The molecule has 132 valence electrons. The van der Waals surface area contributed by atoms with Crippen LogP contribution in [0, 0.1) is 15.9 Å². The molecule has 7 nitrogen and oxygen atoms in total. The Morgan fingerprint density at radius 3 is 2.28 bits per heavy atom. The maximum absolute atomic E-state index is 13.1. The molecule has 25 heavy (non-hydrogen) atoms. The molecular formula is C15H12ClFN2O5S. The van der Waals surface area contributed by atoms with E-state index in [1.807, 2.05) is 0 Å².